The topological polar surface area (TPSA) is 95.7 Å². The van der Waals surface area contributed by atoms with E-state index in [1.807, 2.05) is 55.5 Å². The van der Waals surface area contributed by atoms with Gasteiger partial charge in [0.1, 0.15) is 18.1 Å². The zero-order valence-corrected chi connectivity index (χ0v) is 16.1. The maximum absolute atomic E-state index is 12.3. The van der Waals surface area contributed by atoms with Crippen molar-refractivity contribution in [3.63, 3.8) is 0 Å². The SMILES string of the molecule is COc1ccc(C(c2oc(CO)cc(=O)c2O)c2c(C)[nH]c3ccccc23)cc1. The number of aryl methyl sites for hydroxylation is 1. The molecular formula is C23H21NO5. The standard InChI is InChI=1S/C23H21NO5/c1-13-20(17-5-3-4-6-18(17)24-13)21(14-7-9-15(28-2)10-8-14)23-22(27)19(26)11-16(12-25)29-23/h3-11,21,24-25,27H,12H2,1-2H3. The number of aliphatic hydroxyl groups is 1. The molecule has 0 aliphatic heterocycles. The normalized spacial score (nSPS) is 12.2. The minimum atomic E-state index is -0.591. The van der Waals surface area contributed by atoms with Gasteiger partial charge in [0.15, 0.2) is 5.76 Å². The highest BCUT2D eigenvalue weighted by Crippen LogP contribution is 2.41. The number of H-pyrrole nitrogens is 1. The smallest absolute Gasteiger partial charge is 0.227 e. The average Bonchev–Trinajstić information content (AvgIpc) is 3.07. The number of nitrogens with one attached hydrogen (secondary N) is 1. The quantitative estimate of drug-likeness (QED) is 0.481. The van der Waals surface area contributed by atoms with Gasteiger partial charge in [-0.1, -0.05) is 30.3 Å². The van der Waals surface area contributed by atoms with Gasteiger partial charge in [0.2, 0.25) is 11.2 Å². The van der Waals surface area contributed by atoms with Gasteiger partial charge in [-0.2, -0.15) is 0 Å². The Hall–Kier alpha value is -3.51. The second-order valence-electron chi connectivity index (χ2n) is 6.86. The van der Waals surface area contributed by atoms with E-state index in [0.29, 0.717) is 5.75 Å². The van der Waals surface area contributed by atoms with Crippen molar-refractivity contribution in [2.24, 2.45) is 0 Å². The Kier molecular flexibility index (Phi) is 4.86. The fourth-order valence-electron chi connectivity index (χ4n) is 3.74. The molecule has 0 saturated heterocycles. The molecule has 0 saturated carbocycles. The van der Waals surface area contributed by atoms with E-state index < -0.39 is 23.7 Å². The van der Waals surface area contributed by atoms with Crippen molar-refractivity contribution < 1.29 is 19.4 Å². The summed E-state index contributed by atoms with van der Waals surface area (Å²) in [5.41, 5.74) is 2.94. The molecule has 2 aromatic carbocycles. The van der Waals surface area contributed by atoms with Crippen LogP contribution in [-0.2, 0) is 6.61 Å². The Bertz CT molecular complexity index is 1220. The number of rotatable bonds is 5. The highest BCUT2D eigenvalue weighted by atomic mass is 16.5. The number of aromatic hydroxyl groups is 1. The van der Waals surface area contributed by atoms with Crippen molar-refractivity contribution >= 4 is 10.9 Å². The van der Waals surface area contributed by atoms with E-state index in [2.05, 4.69) is 4.98 Å². The molecule has 4 rings (SSSR count). The van der Waals surface area contributed by atoms with Gasteiger partial charge in [-0.05, 0) is 36.2 Å². The number of fused-ring (bicyclic) bond motifs is 1. The van der Waals surface area contributed by atoms with E-state index in [1.165, 1.54) is 0 Å². The average molecular weight is 391 g/mol. The van der Waals surface area contributed by atoms with E-state index >= 15 is 0 Å². The maximum Gasteiger partial charge on any atom is 0.227 e. The van der Waals surface area contributed by atoms with Crippen molar-refractivity contribution in [3.05, 3.63) is 93.2 Å². The lowest BCUT2D eigenvalue weighted by molar-refractivity contribution is 0.235. The summed E-state index contributed by atoms with van der Waals surface area (Å²) in [6, 6.07) is 16.3. The lowest BCUT2D eigenvalue weighted by Crippen LogP contribution is -2.11. The second kappa shape index (κ2) is 7.48. The fraction of sp³-hybridized carbons (Fsp3) is 0.174. The summed E-state index contributed by atoms with van der Waals surface area (Å²) < 4.78 is 11.1. The van der Waals surface area contributed by atoms with Gasteiger partial charge in [0.05, 0.1) is 13.0 Å². The molecule has 0 fully saturated rings. The van der Waals surface area contributed by atoms with Gasteiger partial charge in [-0.15, -0.1) is 0 Å². The number of ether oxygens (including phenoxy) is 1. The molecule has 0 amide bonds. The number of aromatic amines is 1. The third-order valence-electron chi connectivity index (χ3n) is 5.10. The minimum absolute atomic E-state index is 0.0961. The third kappa shape index (κ3) is 3.28. The van der Waals surface area contributed by atoms with Crippen LogP contribution in [0.15, 0.2) is 63.8 Å². The molecule has 3 N–H and O–H groups in total. The first-order valence-electron chi connectivity index (χ1n) is 9.21. The largest absolute Gasteiger partial charge is 0.502 e. The van der Waals surface area contributed by atoms with E-state index in [0.717, 1.165) is 33.8 Å². The molecule has 2 heterocycles. The Morgan fingerprint density at radius 3 is 2.55 bits per heavy atom. The number of methoxy groups -OCH3 is 1. The van der Waals surface area contributed by atoms with Gasteiger partial charge in [0, 0.05) is 22.7 Å². The predicted molar refractivity (Wildman–Crippen MR) is 110 cm³/mol. The maximum atomic E-state index is 12.3. The van der Waals surface area contributed by atoms with Crippen molar-refractivity contribution in [2.75, 3.05) is 7.11 Å². The monoisotopic (exact) mass is 391 g/mol. The lowest BCUT2D eigenvalue weighted by Gasteiger charge is -2.19. The molecule has 6 nitrogen and oxygen atoms in total. The van der Waals surface area contributed by atoms with Crippen LogP contribution in [0.3, 0.4) is 0 Å². The Morgan fingerprint density at radius 1 is 1.14 bits per heavy atom. The van der Waals surface area contributed by atoms with Gasteiger partial charge < -0.3 is 24.4 Å². The van der Waals surface area contributed by atoms with Crippen molar-refractivity contribution in [2.45, 2.75) is 19.4 Å². The Labute approximate surface area is 167 Å². The van der Waals surface area contributed by atoms with Crippen molar-refractivity contribution in [1.82, 2.24) is 4.98 Å². The fourth-order valence-corrected chi connectivity index (χ4v) is 3.74. The molecular weight excluding hydrogens is 370 g/mol. The number of aromatic nitrogens is 1. The molecule has 0 aliphatic rings. The van der Waals surface area contributed by atoms with Crippen LogP contribution < -0.4 is 10.2 Å². The van der Waals surface area contributed by atoms with Crippen LogP contribution in [-0.4, -0.2) is 22.3 Å². The molecule has 6 heteroatoms. The van der Waals surface area contributed by atoms with Crippen LogP contribution in [0.1, 0.15) is 34.3 Å². The molecule has 4 aromatic rings. The zero-order valence-electron chi connectivity index (χ0n) is 16.1. The van der Waals surface area contributed by atoms with E-state index in [-0.39, 0.29) is 11.5 Å². The highest BCUT2D eigenvalue weighted by Gasteiger charge is 2.29. The summed E-state index contributed by atoms with van der Waals surface area (Å²) in [4.78, 5) is 15.7. The summed E-state index contributed by atoms with van der Waals surface area (Å²) >= 11 is 0. The first kappa shape index (κ1) is 18.8. The number of para-hydroxylation sites is 1. The van der Waals surface area contributed by atoms with E-state index in [4.69, 9.17) is 9.15 Å². The molecule has 29 heavy (non-hydrogen) atoms. The lowest BCUT2D eigenvalue weighted by atomic mass is 9.86. The van der Waals surface area contributed by atoms with Crippen LogP contribution in [0, 0.1) is 6.92 Å². The second-order valence-corrected chi connectivity index (χ2v) is 6.86. The van der Waals surface area contributed by atoms with Crippen molar-refractivity contribution in [1.29, 1.82) is 0 Å². The molecule has 0 spiro atoms. The van der Waals surface area contributed by atoms with Crippen LogP contribution in [0.2, 0.25) is 0 Å². The van der Waals surface area contributed by atoms with Crippen LogP contribution in [0.5, 0.6) is 11.5 Å². The molecule has 0 aliphatic carbocycles. The number of hydrogen-bond donors (Lipinski definition) is 3. The highest BCUT2D eigenvalue weighted by molar-refractivity contribution is 5.86. The van der Waals surface area contributed by atoms with Crippen LogP contribution in [0.25, 0.3) is 10.9 Å². The van der Waals surface area contributed by atoms with Gasteiger partial charge in [0.25, 0.3) is 0 Å². The summed E-state index contributed by atoms with van der Waals surface area (Å²) in [5.74, 6) is -0.139. The van der Waals surface area contributed by atoms with Crippen molar-refractivity contribution in [3.8, 4) is 11.5 Å². The zero-order chi connectivity index (χ0) is 20.5. The third-order valence-corrected chi connectivity index (χ3v) is 5.10. The van der Waals surface area contributed by atoms with E-state index in [1.54, 1.807) is 7.11 Å². The number of aliphatic hydroxyl groups excluding tert-OH is 1. The number of benzene rings is 2. The van der Waals surface area contributed by atoms with Crippen LogP contribution >= 0.6 is 0 Å². The minimum Gasteiger partial charge on any atom is -0.502 e. The molecule has 2 aromatic heterocycles. The molecule has 148 valence electrons. The Balaban J connectivity index is 2.04. The summed E-state index contributed by atoms with van der Waals surface area (Å²) in [6.45, 7) is 1.50. The van der Waals surface area contributed by atoms with Gasteiger partial charge >= 0.3 is 0 Å². The molecule has 0 radical (unpaired) electrons. The predicted octanol–water partition coefficient (Wildman–Crippen LogP) is 3.82. The van der Waals surface area contributed by atoms with Gasteiger partial charge in [-0.25, -0.2) is 0 Å². The summed E-state index contributed by atoms with van der Waals surface area (Å²) in [7, 11) is 1.59. The summed E-state index contributed by atoms with van der Waals surface area (Å²) in [5, 5.41) is 21.1. The van der Waals surface area contributed by atoms with Gasteiger partial charge in [-0.3, -0.25) is 4.79 Å². The molecule has 0 bridgehead atoms. The molecule has 1 unspecified atom stereocenters. The summed E-state index contributed by atoms with van der Waals surface area (Å²) in [6.07, 6.45) is 0. The molecule has 1 atom stereocenters. The first-order valence-corrected chi connectivity index (χ1v) is 9.21. The van der Waals surface area contributed by atoms with E-state index in [9.17, 15) is 15.0 Å². The van der Waals surface area contributed by atoms with Crippen LogP contribution in [0.4, 0.5) is 0 Å². The Morgan fingerprint density at radius 2 is 1.86 bits per heavy atom. The number of hydrogen-bond acceptors (Lipinski definition) is 5. The first-order chi connectivity index (χ1) is 14.0.